The van der Waals surface area contributed by atoms with Crippen LogP contribution in [0.2, 0.25) is 0 Å². The number of carbonyl (C=O) groups is 1. The number of fused-ring (bicyclic) bond motifs is 1. The summed E-state index contributed by atoms with van der Waals surface area (Å²) in [5.74, 6) is 0.196. The minimum atomic E-state index is -0.557. The first-order chi connectivity index (χ1) is 15.0. The van der Waals surface area contributed by atoms with Gasteiger partial charge in [-0.15, -0.1) is 0 Å². The summed E-state index contributed by atoms with van der Waals surface area (Å²) in [6, 6.07) is 21.6. The largest absolute Gasteiger partial charge is 0.496 e. The molecule has 0 amide bonds. The summed E-state index contributed by atoms with van der Waals surface area (Å²) < 4.78 is 17.3. The Kier molecular flexibility index (Phi) is 5.65. The van der Waals surface area contributed by atoms with Crippen LogP contribution < -0.4 is 19.9 Å². The summed E-state index contributed by atoms with van der Waals surface area (Å²) in [6.45, 7) is 0. The molecule has 0 fully saturated rings. The van der Waals surface area contributed by atoms with E-state index < -0.39 is 11.9 Å². The number of rotatable bonds is 4. The summed E-state index contributed by atoms with van der Waals surface area (Å²) in [7, 11) is 1.49. The minimum Gasteiger partial charge on any atom is -0.496 e. The Balaban J connectivity index is 1.70. The van der Waals surface area contributed by atoms with Crippen LogP contribution in [0.15, 0.2) is 82.7 Å². The van der Waals surface area contributed by atoms with Crippen molar-refractivity contribution in [1.29, 1.82) is 5.26 Å². The van der Waals surface area contributed by atoms with Gasteiger partial charge in [-0.05, 0) is 35.9 Å². The van der Waals surface area contributed by atoms with Gasteiger partial charge in [0.15, 0.2) is 0 Å². The number of nitrogens with zero attached hydrogens (tertiary/aromatic N) is 1. The van der Waals surface area contributed by atoms with E-state index in [1.165, 1.54) is 7.11 Å². The van der Waals surface area contributed by atoms with Crippen LogP contribution in [0.5, 0.6) is 17.2 Å². The van der Waals surface area contributed by atoms with Crippen molar-refractivity contribution in [2.24, 2.45) is 5.73 Å². The van der Waals surface area contributed by atoms with Gasteiger partial charge in [-0.3, -0.25) is 0 Å². The number of benzene rings is 3. The van der Waals surface area contributed by atoms with E-state index in [2.05, 4.69) is 22.0 Å². The number of halogens is 1. The predicted molar refractivity (Wildman–Crippen MR) is 118 cm³/mol. The fraction of sp³-hybridized carbons (Fsp3) is 0.0833. The molecule has 1 atom stereocenters. The van der Waals surface area contributed by atoms with Gasteiger partial charge in [-0.25, -0.2) is 4.79 Å². The number of ether oxygens (including phenoxy) is 3. The standard InChI is InChI=1S/C24H17BrN2O4/c1-29-20-8-3-2-7-18(20)24(28)30-16-9-10-17-21(12-16)31-23(27)19(13-26)22(17)14-5-4-6-15(25)11-14/h2-12,22H,27H2,1H3. The Morgan fingerprint density at radius 3 is 2.68 bits per heavy atom. The third-order valence-corrected chi connectivity index (χ3v) is 5.40. The van der Waals surface area contributed by atoms with Crippen molar-refractivity contribution in [2.75, 3.05) is 7.11 Å². The van der Waals surface area contributed by atoms with Crippen LogP contribution in [-0.2, 0) is 0 Å². The predicted octanol–water partition coefficient (Wildman–Crippen LogP) is 4.90. The average Bonchev–Trinajstić information content (AvgIpc) is 2.78. The van der Waals surface area contributed by atoms with E-state index in [4.69, 9.17) is 19.9 Å². The first-order valence-corrected chi connectivity index (χ1v) is 10.1. The first-order valence-electron chi connectivity index (χ1n) is 9.34. The van der Waals surface area contributed by atoms with Gasteiger partial charge in [-0.1, -0.05) is 46.3 Å². The summed E-state index contributed by atoms with van der Waals surface area (Å²) in [6.07, 6.45) is 0. The molecule has 31 heavy (non-hydrogen) atoms. The fourth-order valence-electron chi connectivity index (χ4n) is 3.50. The molecule has 6 nitrogen and oxygen atoms in total. The lowest BCUT2D eigenvalue weighted by atomic mass is 9.83. The number of nitriles is 1. The molecule has 0 aliphatic carbocycles. The van der Waals surface area contributed by atoms with Crippen LogP contribution in [0, 0.1) is 11.3 Å². The number of hydrogen-bond acceptors (Lipinski definition) is 6. The Bertz CT molecular complexity index is 1250. The number of nitrogens with two attached hydrogens (primary N) is 1. The molecule has 2 N–H and O–H groups in total. The molecule has 7 heteroatoms. The lowest BCUT2D eigenvalue weighted by Crippen LogP contribution is -2.21. The molecule has 1 aliphatic rings. The molecule has 0 aromatic heterocycles. The quantitative estimate of drug-likeness (QED) is 0.425. The maximum atomic E-state index is 12.6. The monoisotopic (exact) mass is 476 g/mol. The maximum absolute atomic E-state index is 12.6. The van der Waals surface area contributed by atoms with Gasteiger partial charge < -0.3 is 19.9 Å². The SMILES string of the molecule is COc1ccccc1C(=O)Oc1ccc2c(c1)OC(N)=C(C#N)C2c1cccc(Br)c1. The van der Waals surface area contributed by atoms with E-state index >= 15 is 0 Å². The molecule has 0 saturated carbocycles. The summed E-state index contributed by atoms with van der Waals surface area (Å²) >= 11 is 3.47. The van der Waals surface area contributed by atoms with E-state index in [0.29, 0.717) is 22.6 Å². The van der Waals surface area contributed by atoms with E-state index in [0.717, 1.165) is 15.6 Å². The van der Waals surface area contributed by atoms with Crippen LogP contribution in [0.1, 0.15) is 27.4 Å². The van der Waals surface area contributed by atoms with Crippen molar-refractivity contribution < 1.29 is 19.0 Å². The lowest BCUT2D eigenvalue weighted by Gasteiger charge is -2.26. The Morgan fingerprint density at radius 2 is 1.94 bits per heavy atom. The third kappa shape index (κ3) is 3.98. The molecule has 1 unspecified atom stereocenters. The molecule has 0 radical (unpaired) electrons. The van der Waals surface area contributed by atoms with Crippen LogP contribution in [0.25, 0.3) is 0 Å². The van der Waals surface area contributed by atoms with Gasteiger partial charge >= 0.3 is 5.97 Å². The molecule has 154 valence electrons. The minimum absolute atomic E-state index is 0.0215. The number of esters is 1. The highest BCUT2D eigenvalue weighted by atomic mass is 79.9. The van der Waals surface area contributed by atoms with Crippen LogP contribution in [0.3, 0.4) is 0 Å². The second kappa shape index (κ2) is 8.54. The molecule has 0 bridgehead atoms. The summed E-state index contributed by atoms with van der Waals surface area (Å²) in [4.78, 5) is 12.6. The Hall–Kier alpha value is -3.76. The molecule has 3 aromatic rings. The topological polar surface area (TPSA) is 94.6 Å². The molecular formula is C24H17BrN2O4. The fourth-order valence-corrected chi connectivity index (χ4v) is 3.92. The van der Waals surface area contributed by atoms with E-state index in [1.807, 2.05) is 24.3 Å². The Morgan fingerprint density at radius 1 is 1.13 bits per heavy atom. The van der Waals surface area contributed by atoms with E-state index in [1.54, 1.807) is 42.5 Å². The zero-order valence-corrected chi connectivity index (χ0v) is 18.0. The number of carbonyl (C=O) groups excluding carboxylic acids is 1. The molecule has 0 spiro atoms. The van der Waals surface area contributed by atoms with Crippen molar-refractivity contribution in [3.63, 3.8) is 0 Å². The van der Waals surface area contributed by atoms with Crippen molar-refractivity contribution in [1.82, 2.24) is 0 Å². The highest BCUT2D eigenvalue weighted by Crippen LogP contribution is 2.43. The van der Waals surface area contributed by atoms with Gasteiger partial charge in [0, 0.05) is 16.1 Å². The number of methoxy groups -OCH3 is 1. The second-order valence-corrected chi connectivity index (χ2v) is 7.68. The first kappa shape index (κ1) is 20.5. The summed E-state index contributed by atoms with van der Waals surface area (Å²) in [5, 5.41) is 9.68. The molecule has 3 aromatic carbocycles. The molecular weight excluding hydrogens is 460 g/mol. The van der Waals surface area contributed by atoms with Gasteiger partial charge in [0.05, 0.1) is 13.0 Å². The zero-order chi connectivity index (χ0) is 22.0. The van der Waals surface area contributed by atoms with Gasteiger partial charge in [0.25, 0.3) is 0 Å². The van der Waals surface area contributed by atoms with Crippen molar-refractivity contribution in [3.8, 4) is 23.3 Å². The number of allylic oxidation sites excluding steroid dienone is 1. The molecule has 1 heterocycles. The van der Waals surface area contributed by atoms with Crippen LogP contribution in [0.4, 0.5) is 0 Å². The van der Waals surface area contributed by atoms with Crippen LogP contribution in [-0.4, -0.2) is 13.1 Å². The van der Waals surface area contributed by atoms with Gasteiger partial charge in [0.2, 0.25) is 5.88 Å². The number of para-hydroxylation sites is 1. The normalized spacial score (nSPS) is 14.8. The van der Waals surface area contributed by atoms with Gasteiger partial charge in [0.1, 0.15) is 34.5 Å². The molecule has 4 rings (SSSR count). The summed E-state index contributed by atoms with van der Waals surface area (Å²) in [5.41, 5.74) is 8.32. The highest BCUT2D eigenvalue weighted by molar-refractivity contribution is 9.10. The van der Waals surface area contributed by atoms with Gasteiger partial charge in [-0.2, -0.15) is 5.26 Å². The van der Waals surface area contributed by atoms with E-state index in [9.17, 15) is 10.1 Å². The van der Waals surface area contributed by atoms with Crippen molar-refractivity contribution in [3.05, 3.63) is 99.3 Å². The Labute approximate surface area is 187 Å². The third-order valence-electron chi connectivity index (χ3n) is 4.91. The molecule has 0 saturated heterocycles. The average molecular weight is 477 g/mol. The molecule has 1 aliphatic heterocycles. The smallest absolute Gasteiger partial charge is 0.347 e. The maximum Gasteiger partial charge on any atom is 0.347 e. The number of hydrogen-bond donors (Lipinski definition) is 1. The zero-order valence-electron chi connectivity index (χ0n) is 16.5. The second-order valence-electron chi connectivity index (χ2n) is 6.77. The van der Waals surface area contributed by atoms with E-state index in [-0.39, 0.29) is 11.6 Å². The van der Waals surface area contributed by atoms with Crippen molar-refractivity contribution in [2.45, 2.75) is 5.92 Å². The highest BCUT2D eigenvalue weighted by Gasteiger charge is 2.31. The van der Waals surface area contributed by atoms with Crippen LogP contribution >= 0.6 is 15.9 Å². The lowest BCUT2D eigenvalue weighted by molar-refractivity contribution is 0.0731. The van der Waals surface area contributed by atoms with Crippen molar-refractivity contribution >= 4 is 21.9 Å².